The number of hydrogen-bond acceptors (Lipinski definition) is 1. The normalized spacial score (nSPS) is 21.1. The van der Waals surface area contributed by atoms with Crippen molar-refractivity contribution >= 4 is 23.2 Å². The van der Waals surface area contributed by atoms with E-state index in [1.165, 1.54) is 12.8 Å². The van der Waals surface area contributed by atoms with Gasteiger partial charge in [0.1, 0.15) is 0 Å². The molecule has 1 aliphatic rings. The third kappa shape index (κ3) is 2.88. The molecule has 1 unspecified atom stereocenters. The molecule has 1 saturated heterocycles. The SMILES string of the molecule is Fc1c(Cl)cc(CC2CCCNC2)cc1Cl. The average Bonchev–Trinajstić information content (AvgIpc) is 2.27. The lowest BCUT2D eigenvalue weighted by atomic mass is 9.92. The highest BCUT2D eigenvalue weighted by Gasteiger charge is 2.15. The van der Waals surface area contributed by atoms with Crippen LogP contribution >= 0.6 is 23.2 Å². The Morgan fingerprint density at radius 2 is 2.00 bits per heavy atom. The van der Waals surface area contributed by atoms with Gasteiger partial charge in [0.25, 0.3) is 0 Å². The van der Waals surface area contributed by atoms with Gasteiger partial charge in [-0.25, -0.2) is 4.39 Å². The Labute approximate surface area is 105 Å². The topological polar surface area (TPSA) is 12.0 Å². The van der Waals surface area contributed by atoms with Crippen LogP contribution in [-0.4, -0.2) is 13.1 Å². The van der Waals surface area contributed by atoms with E-state index < -0.39 is 5.82 Å². The summed E-state index contributed by atoms with van der Waals surface area (Å²) in [5.41, 5.74) is 1.02. The molecule has 16 heavy (non-hydrogen) atoms. The van der Waals surface area contributed by atoms with Gasteiger partial charge in [0, 0.05) is 0 Å². The van der Waals surface area contributed by atoms with E-state index in [1.807, 2.05) is 0 Å². The molecule has 88 valence electrons. The molecule has 0 spiro atoms. The van der Waals surface area contributed by atoms with Crippen molar-refractivity contribution in [3.05, 3.63) is 33.6 Å². The van der Waals surface area contributed by atoms with Gasteiger partial charge >= 0.3 is 0 Å². The zero-order chi connectivity index (χ0) is 11.5. The first-order chi connectivity index (χ1) is 7.66. The molecular weight excluding hydrogens is 248 g/mol. The summed E-state index contributed by atoms with van der Waals surface area (Å²) in [6.07, 6.45) is 3.32. The molecule has 1 fully saturated rings. The standard InChI is InChI=1S/C12H14Cl2FN/c13-10-5-9(6-11(14)12(10)15)4-8-2-1-3-16-7-8/h5-6,8,16H,1-4,7H2. The molecule has 0 aromatic heterocycles. The highest BCUT2D eigenvalue weighted by atomic mass is 35.5. The van der Waals surface area contributed by atoms with E-state index in [0.29, 0.717) is 5.92 Å². The second-order valence-corrected chi connectivity index (χ2v) is 5.10. The fraction of sp³-hybridized carbons (Fsp3) is 0.500. The van der Waals surface area contributed by atoms with E-state index in [4.69, 9.17) is 23.2 Å². The van der Waals surface area contributed by atoms with Crippen LogP contribution in [0.1, 0.15) is 18.4 Å². The summed E-state index contributed by atoms with van der Waals surface area (Å²) in [4.78, 5) is 0. The molecule has 1 atom stereocenters. The van der Waals surface area contributed by atoms with Crippen molar-refractivity contribution in [2.45, 2.75) is 19.3 Å². The summed E-state index contributed by atoms with van der Waals surface area (Å²) in [6, 6.07) is 3.36. The van der Waals surface area contributed by atoms with Crippen LogP contribution in [0, 0.1) is 11.7 Å². The first-order valence-corrected chi connectivity index (χ1v) is 6.26. The fourth-order valence-corrected chi connectivity index (χ4v) is 2.69. The lowest BCUT2D eigenvalue weighted by molar-refractivity contribution is 0.376. The minimum atomic E-state index is -0.520. The second kappa shape index (κ2) is 5.35. The van der Waals surface area contributed by atoms with Crippen LogP contribution in [0.4, 0.5) is 4.39 Å². The van der Waals surface area contributed by atoms with Crippen LogP contribution in [0.5, 0.6) is 0 Å². The summed E-state index contributed by atoms with van der Waals surface area (Å²) in [5, 5.41) is 3.59. The molecular formula is C12H14Cl2FN. The Hall–Kier alpha value is -0.310. The highest BCUT2D eigenvalue weighted by Crippen LogP contribution is 2.27. The van der Waals surface area contributed by atoms with Crippen LogP contribution in [0.3, 0.4) is 0 Å². The summed E-state index contributed by atoms with van der Waals surface area (Å²) in [6.45, 7) is 2.12. The van der Waals surface area contributed by atoms with E-state index in [9.17, 15) is 4.39 Å². The smallest absolute Gasteiger partial charge is 0.160 e. The number of nitrogens with one attached hydrogen (secondary N) is 1. The number of hydrogen-bond donors (Lipinski definition) is 1. The van der Waals surface area contributed by atoms with Gasteiger partial charge in [0.2, 0.25) is 0 Å². The monoisotopic (exact) mass is 261 g/mol. The van der Waals surface area contributed by atoms with Crippen molar-refractivity contribution in [1.29, 1.82) is 0 Å². The van der Waals surface area contributed by atoms with Crippen molar-refractivity contribution < 1.29 is 4.39 Å². The Balaban J connectivity index is 2.09. The molecule has 0 saturated carbocycles. The number of piperidine rings is 1. The van der Waals surface area contributed by atoms with Gasteiger partial charge in [-0.1, -0.05) is 23.2 Å². The average molecular weight is 262 g/mol. The molecule has 1 nitrogen and oxygen atoms in total. The second-order valence-electron chi connectivity index (χ2n) is 4.29. The first-order valence-electron chi connectivity index (χ1n) is 5.51. The fourth-order valence-electron chi connectivity index (χ4n) is 2.16. The van der Waals surface area contributed by atoms with Crippen LogP contribution in [-0.2, 0) is 6.42 Å². The van der Waals surface area contributed by atoms with E-state index in [0.717, 1.165) is 25.1 Å². The predicted octanol–water partition coefficient (Wildman–Crippen LogP) is 3.67. The number of rotatable bonds is 2. The van der Waals surface area contributed by atoms with Crippen LogP contribution < -0.4 is 5.32 Å². The summed E-state index contributed by atoms with van der Waals surface area (Å²) < 4.78 is 13.2. The third-order valence-corrected chi connectivity index (χ3v) is 3.52. The van der Waals surface area contributed by atoms with Gasteiger partial charge < -0.3 is 5.32 Å². The maximum Gasteiger partial charge on any atom is 0.160 e. The lowest BCUT2D eigenvalue weighted by Gasteiger charge is -2.22. The summed E-state index contributed by atoms with van der Waals surface area (Å²) >= 11 is 11.5. The first kappa shape index (κ1) is 12.2. The lowest BCUT2D eigenvalue weighted by Crippen LogP contribution is -2.30. The summed E-state index contributed by atoms with van der Waals surface area (Å²) in [5.74, 6) is 0.0835. The predicted molar refractivity (Wildman–Crippen MR) is 65.7 cm³/mol. The van der Waals surface area contributed by atoms with Crippen molar-refractivity contribution in [3.8, 4) is 0 Å². The molecule has 2 rings (SSSR count). The maximum atomic E-state index is 13.2. The molecule has 1 aromatic rings. The molecule has 0 aliphatic carbocycles. The molecule has 4 heteroatoms. The molecule has 1 heterocycles. The Bertz CT molecular complexity index is 352. The van der Waals surface area contributed by atoms with E-state index in [1.54, 1.807) is 12.1 Å². The third-order valence-electron chi connectivity index (χ3n) is 2.97. The van der Waals surface area contributed by atoms with E-state index in [2.05, 4.69) is 5.32 Å². The van der Waals surface area contributed by atoms with Crippen molar-refractivity contribution in [2.24, 2.45) is 5.92 Å². The Morgan fingerprint density at radius 1 is 1.31 bits per heavy atom. The Kier molecular flexibility index (Phi) is 4.06. The van der Waals surface area contributed by atoms with Crippen molar-refractivity contribution in [2.75, 3.05) is 13.1 Å². The van der Waals surface area contributed by atoms with E-state index >= 15 is 0 Å². The summed E-state index contributed by atoms with van der Waals surface area (Å²) in [7, 11) is 0. The zero-order valence-electron chi connectivity index (χ0n) is 8.90. The molecule has 0 bridgehead atoms. The van der Waals surface area contributed by atoms with Crippen LogP contribution in [0.25, 0.3) is 0 Å². The van der Waals surface area contributed by atoms with Gasteiger partial charge in [0.05, 0.1) is 10.0 Å². The van der Waals surface area contributed by atoms with Crippen molar-refractivity contribution in [1.82, 2.24) is 5.32 Å². The minimum absolute atomic E-state index is 0.117. The number of benzene rings is 1. The maximum absolute atomic E-state index is 13.2. The van der Waals surface area contributed by atoms with Crippen molar-refractivity contribution in [3.63, 3.8) is 0 Å². The van der Waals surface area contributed by atoms with Gasteiger partial charge in [-0.2, -0.15) is 0 Å². The van der Waals surface area contributed by atoms with Gasteiger partial charge in [-0.05, 0) is 56.0 Å². The zero-order valence-corrected chi connectivity index (χ0v) is 10.4. The quantitative estimate of drug-likeness (QED) is 0.802. The van der Waals surface area contributed by atoms with Gasteiger partial charge in [0.15, 0.2) is 5.82 Å². The van der Waals surface area contributed by atoms with E-state index in [-0.39, 0.29) is 10.0 Å². The van der Waals surface area contributed by atoms with Gasteiger partial charge in [-0.15, -0.1) is 0 Å². The van der Waals surface area contributed by atoms with Crippen LogP contribution in [0.15, 0.2) is 12.1 Å². The Morgan fingerprint density at radius 3 is 2.56 bits per heavy atom. The number of halogens is 3. The minimum Gasteiger partial charge on any atom is -0.316 e. The molecule has 0 radical (unpaired) electrons. The van der Waals surface area contributed by atoms with Crippen LogP contribution in [0.2, 0.25) is 10.0 Å². The molecule has 1 aromatic carbocycles. The van der Waals surface area contributed by atoms with Gasteiger partial charge in [-0.3, -0.25) is 0 Å². The largest absolute Gasteiger partial charge is 0.316 e. The highest BCUT2D eigenvalue weighted by molar-refractivity contribution is 6.34. The molecule has 1 aliphatic heterocycles. The molecule has 1 N–H and O–H groups in total. The molecule has 0 amide bonds.